The van der Waals surface area contributed by atoms with Gasteiger partial charge in [0, 0.05) is 24.2 Å². The van der Waals surface area contributed by atoms with Crippen LogP contribution in [0.25, 0.3) is 0 Å². The summed E-state index contributed by atoms with van der Waals surface area (Å²) in [4.78, 5) is 0. The summed E-state index contributed by atoms with van der Waals surface area (Å²) >= 11 is 0. The minimum atomic E-state index is 0.0400. The summed E-state index contributed by atoms with van der Waals surface area (Å²) in [5, 5.41) is 30.6. The van der Waals surface area contributed by atoms with Crippen LogP contribution < -0.4 is 5.32 Å². The van der Waals surface area contributed by atoms with Gasteiger partial charge in [0.1, 0.15) is 11.5 Å². The molecule has 1 aromatic rings. The molecule has 1 rings (SSSR count). The number of phenolic OH excluding ortho intramolecular Hbond substituents is 2. The lowest BCUT2D eigenvalue weighted by atomic mass is 10.1. The smallest absolute Gasteiger partial charge is 0.123 e. The van der Waals surface area contributed by atoms with Gasteiger partial charge >= 0.3 is 0 Å². The van der Waals surface area contributed by atoms with E-state index in [4.69, 9.17) is 10.2 Å². The summed E-state index contributed by atoms with van der Waals surface area (Å²) < 4.78 is 0. The lowest BCUT2D eigenvalue weighted by Gasteiger charge is -2.14. The molecule has 0 radical (unpaired) electrons. The Balaban J connectivity index is 2.57. The van der Waals surface area contributed by atoms with Crippen LogP contribution in [0.1, 0.15) is 18.9 Å². The predicted octanol–water partition coefficient (Wildman–Crippen LogP) is 0.958. The topological polar surface area (TPSA) is 72.7 Å². The second kappa shape index (κ2) is 5.58. The SMILES string of the molecule is CCC(CO)NCc1ccc(O)cc1O. The molecule has 0 spiro atoms. The minimum Gasteiger partial charge on any atom is -0.508 e. The van der Waals surface area contributed by atoms with E-state index in [9.17, 15) is 5.11 Å². The number of phenols is 2. The van der Waals surface area contributed by atoms with Gasteiger partial charge in [-0.05, 0) is 12.5 Å². The number of hydrogen-bond acceptors (Lipinski definition) is 4. The Morgan fingerprint density at radius 3 is 2.60 bits per heavy atom. The minimum absolute atomic E-state index is 0.0400. The van der Waals surface area contributed by atoms with Crippen molar-refractivity contribution in [1.29, 1.82) is 0 Å². The van der Waals surface area contributed by atoms with Crippen molar-refractivity contribution in [3.63, 3.8) is 0 Å². The van der Waals surface area contributed by atoms with Crippen molar-refractivity contribution >= 4 is 0 Å². The average Bonchev–Trinajstić information content (AvgIpc) is 2.22. The zero-order valence-corrected chi connectivity index (χ0v) is 8.77. The number of aromatic hydroxyl groups is 2. The summed E-state index contributed by atoms with van der Waals surface area (Å²) in [5.74, 6) is 0.112. The molecule has 0 saturated carbocycles. The number of aliphatic hydroxyl groups excluding tert-OH is 1. The van der Waals surface area contributed by atoms with Gasteiger partial charge in [-0.15, -0.1) is 0 Å². The van der Waals surface area contributed by atoms with Crippen LogP contribution in [0, 0.1) is 0 Å². The summed E-state index contributed by atoms with van der Waals surface area (Å²) in [6, 6.07) is 4.52. The quantitative estimate of drug-likeness (QED) is 0.585. The lowest BCUT2D eigenvalue weighted by Crippen LogP contribution is -2.31. The number of rotatable bonds is 5. The van der Waals surface area contributed by atoms with Crippen LogP contribution in [0.2, 0.25) is 0 Å². The molecule has 0 aromatic heterocycles. The van der Waals surface area contributed by atoms with Crippen molar-refractivity contribution in [3.05, 3.63) is 23.8 Å². The van der Waals surface area contributed by atoms with Gasteiger partial charge in [0.25, 0.3) is 0 Å². The van der Waals surface area contributed by atoms with E-state index in [2.05, 4.69) is 5.32 Å². The average molecular weight is 211 g/mol. The van der Waals surface area contributed by atoms with E-state index in [1.807, 2.05) is 6.92 Å². The Morgan fingerprint density at radius 1 is 1.33 bits per heavy atom. The Labute approximate surface area is 89.2 Å². The second-order valence-corrected chi connectivity index (χ2v) is 3.48. The zero-order chi connectivity index (χ0) is 11.3. The van der Waals surface area contributed by atoms with E-state index in [0.29, 0.717) is 12.1 Å². The van der Waals surface area contributed by atoms with Gasteiger partial charge in [-0.25, -0.2) is 0 Å². The molecule has 4 N–H and O–H groups in total. The standard InChI is InChI=1S/C11H17NO3/c1-2-9(7-13)12-6-8-3-4-10(14)5-11(8)15/h3-5,9,12-15H,2,6-7H2,1H3. The first-order valence-electron chi connectivity index (χ1n) is 5.02. The molecule has 0 aliphatic rings. The van der Waals surface area contributed by atoms with Gasteiger partial charge in [-0.1, -0.05) is 13.0 Å². The van der Waals surface area contributed by atoms with Crippen molar-refractivity contribution in [2.45, 2.75) is 25.9 Å². The molecule has 0 bridgehead atoms. The van der Waals surface area contributed by atoms with E-state index in [1.165, 1.54) is 12.1 Å². The van der Waals surface area contributed by atoms with E-state index in [-0.39, 0.29) is 24.1 Å². The van der Waals surface area contributed by atoms with Crippen LogP contribution in [-0.2, 0) is 6.54 Å². The molecule has 0 saturated heterocycles. The summed E-state index contributed by atoms with van der Waals surface area (Å²) in [6.07, 6.45) is 0.829. The van der Waals surface area contributed by atoms with Crippen molar-refractivity contribution in [1.82, 2.24) is 5.32 Å². The van der Waals surface area contributed by atoms with E-state index in [1.54, 1.807) is 6.07 Å². The molecule has 4 nitrogen and oxygen atoms in total. The maximum atomic E-state index is 9.49. The first-order chi connectivity index (χ1) is 7.17. The summed E-state index contributed by atoms with van der Waals surface area (Å²) in [7, 11) is 0. The fraction of sp³-hybridized carbons (Fsp3) is 0.455. The highest BCUT2D eigenvalue weighted by Gasteiger charge is 2.06. The lowest BCUT2D eigenvalue weighted by molar-refractivity contribution is 0.238. The first-order valence-corrected chi connectivity index (χ1v) is 5.02. The Kier molecular flexibility index (Phi) is 4.39. The third-order valence-corrected chi connectivity index (χ3v) is 2.36. The maximum absolute atomic E-state index is 9.49. The number of benzene rings is 1. The van der Waals surface area contributed by atoms with Gasteiger partial charge < -0.3 is 20.6 Å². The molecule has 0 aliphatic carbocycles. The van der Waals surface area contributed by atoms with Crippen molar-refractivity contribution < 1.29 is 15.3 Å². The monoisotopic (exact) mass is 211 g/mol. The second-order valence-electron chi connectivity index (χ2n) is 3.48. The van der Waals surface area contributed by atoms with E-state index in [0.717, 1.165) is 6.42 Å². The first kappa shape index (κ1) is 11.8. The van der Waals surface area contributed by atoms with E-state index >= 15 is 0 Å². The molecular weight excluding hydrogens is 194 g/mol. The highest BCUT2D eigenvalue weighted by Crippen LogP contribution is 2.22. The molecule has 1 atom stereocenters. The molecule has 15 heavy (non-hydrogen) atoms. The van der Waals surface area contributed by atoms with Crippen molar-refractivity contribution in [2.24, 2.45) is 0 Å². The number of hydrogen-bond donors (Lipinski definition) is 4. The molecule has 0 amide bonds. The van der Waals surface area contributed by atoms with Crippen LogP contribution in [0.15, 0.2) is 18.2 Å². The summed E-state index contributed by atoms with van der Waals surface area (Å²) in [6.45, 7) is 2.53. The fourth-order valence-corrected chi connectivity index (χ4v) is 1.29. The Bertz CT molecular complexity index is 311. The third kappa shape index (κ3) is 3.42. The third-order valence-electron chi connectivity index (χ3n) is 2.36. The molecule has 1 aromatic carbocycles. The van der Waals surface area contributed by atoms with Crippen LogP contribution in [0.4, 0.5) is 0 Å². The van der Waals surface area contributed by atoms with Crippen LogP contribution in [-0.4, -0.2) is 28.0 Å². The maximum Gasteiger partial charge on any atom is 0.123 e. The molecule has 0 fully saturated rings. The Morgan fingerprint density at radius 2 is 2.07 bits per heavy atom. The zero-order valence-electron chi connectivity index (χ0n) is 8.77. The van der Waals surface area contributed by atoms with E-state index < -0.39 is 0 Å². The van der Waals surface area contributed by atoms with Crippen LogP contribution in [0.3, 0.4) is 0 Å². The predicted molar refractivity (Wildman–Crippen MR) is 57.8 cm³/mol. The highest BCUT2D eigenvalue weighted by molar-refractivity contribution is 5.38. The van der Waals surface area contributed by atoms with Gasteiger partial charge in [0.2, 0.25) is 0 Å². The Hall–Kier alpha value is -1.26. The normalized spacial score (nSPS) is 12.7. The molecule has 84 valence electrons. The summed E-state index contributed by atoms with van der Waals surface area (Å²) in [5.41, 5.74) is 0.708. The van der Waals surface area contributed by atoms with Gasteiger partial charge in [0.05, 0.1) is 6.61 Å². The van der Waals surface area contributed by atoms with Crippen LogP contribution >= 0.6 is 0 Å². The molecule has 4 heteroatoms. The van der Waals surface area contributed by atoms with Gasteiger partial charge in [-0.3, -0.25) is 0 Å². The fourth-order valence-electron chi connectivity index (χ4n) is 1.29. The van der Waals surface area contributed by atoms with Gasteiger partial charge in [0.15, 0.2) is 0 Å². The highest BCUT2D eigenvalue weighted by atomic mass is 16.3. The van der Waals surface area contributed by atoms with Crippen molar-refractivity contribution in [2.75, 3.05) is 6.61 Å². The molecule has 1 unspecified atom stereocenters. The molecule has 0 heterocycles. The largest absolute Gasteiger partial charge is 0.508 e. The number of nitrogens with one attached hydrogen (secondary N) is 1. The van der Waals surface area contributed by atoms with Crippen molar-refractivity contribution in [3.8, 4) is 11.5 Å². The van der Waals surface area contributed by atoms with Crippen LogP contribution in [0.5, 0.6) is 11.5 Å². The van der Waals surface area contributed by atoms with Gasteiger partial charge in [-0.2, -0.15) is 0 Å². The molecular formula is C11H17NO3. The number of aliphatic hydroxyl groups is 1. The molecule has 0 aliphatic heterocycles.